The van der Waals surface area contributed by atoms with Crippen molar-refractivity contribution < 1.29 is 13.2 Å². The molecule has 1 aliphatic rings. The molecule has 0 radical (unpaired) electrons. The molecule has 0 saturated carbocycles. The number of hydrogen-bond acceptors (Lipinski definition) is 4. The van der Waals surface area contributed by atoms with Gasteiger partial charge in [0.25, 0.3) is 0 Å². The maximum Gasteiger partial charge on any atom is 0.243 e. The first-order chi connectivity index (χ1) is 13.5. The van der Waals surface area contributed by atoms with E-state index in [9.17, 15) is 8.42 Å². The molecule has 2 heterocycles. The van der Waals surface area contributed by atoms with Crippen molar-refractivity contribution >= 4 is 10.0 Å². The van der Waals surface area contributed by atoms with E-state index in [2.05, 4.69) is 11.1 Å². The Bertz CT molecular complexity index is 1100. The number of benzene rings is 2. The van der Waals surface area contributed by atoms with E-state index in [1.54, 1.807) is 42.0 Å². The van der Waals surface area contributed by atoms with Crippen LogP contribution in [-0.2, 0) is 16.4 Å². The number of methoxy groups -OCH3 is 1. The summed E-state index contributed by atoms with van der Waals surface area (Å²) in [6.07, 6.45) is 4.12. The topological polar surface area (TPSA) is 59.5 Å². The van der Waals surface area contributed by atoms with Crippen molar-refractivity contribution in [1.82, 2.24) is 9.29 Å². The SMILES string of the molecule is COc1ccc(S(=O)(=O)N2CCc3ccccc3C2c2cccnc2)cc1C. The quantitative estimate of drug-likeness (QED) is 0.676. The van der Waals surface area contributed by atoms with Gasteiger partial charge in [0.05, 0.1) is 18.0 Å². The van der Waals surface area contributed by atoms with Crippen LogP contribution in [0.3, 0.4) is 0 Å². The van der Waals surface area contributed by atoms with Crippen LogP contribution >= 0.6 is 0 Å². The molecule has 0 saturated heterocycles. The van der Waals surface area contributed by atoms with Crippen LogP contribution in [0.1, 0.15) is 28.3 Å². The van der Waals surface area contributed by atoms with Crippen LogP contribution < -0.4 is 4.74 Å². The molecule has 1 unspecified atom stereocenters. The van der Waals surface area contributed by atoms with E-state index in [0.717, 1.165) is 16.7 Å². The second-order valence-corrected chi connectivity index (χ2v) is 8.78. The molecule has 1 aromatic heterocycles. The number of aromatic nitrogens is 1. The second-order valence-electron chi connectivity index (χ2n) is 6.88. The first kappa shape index (κ1) is 18.7. The Balaban J connectivity index is 1.84. The molecule has 1 aliphatic heterocycles. The highest BCUT2D eigenvalue weighted by Gasteiger charge is 2.37. The molecule has 1 atom stereocenters. The van der Waals surface area contributed by atoms with Gasteiger partial charge in [0.2, 0.25) is 10.0 Å². The molecule has 0 spiro atoms. The van der Waals surface area contributed by atoms with E-state index in [1.807, 2.05) is 37.3 Å². The predicted molar refractivity (Wildman–Crippen MR) is 108 cm³/mol. The summed E-state index contributed by atoms with van der Waals surface area (Å²) in [5.74, 6) is 0.673. The number of pyridine rings is 1. The fourth-order valence-electron chi connectivity index (χ4n) is 3.83. The summed E-state index contributed by atoms with van der Waals surface area (Å²) >= 11 is 0. The van der Waals surface area contributed by atoms with Crippen molar-refractivity contribution in [2.24, 2.45) is 0 Å². The van der Waals surface area contributed by atoms with E-state index in [4.69, 9.17) is 4.74 Å². The fourth-order valence-corrected chi connectivity index (χ4v) is 5.51. The van der Waals surface area contributed by atoms with Gasteiger partial charge in [-0.2, -0.15) is 4.31 Å². The van der Waals surface area contributed by atoms with E-state index in [0.29, 0.717) is 18.7 Å². The molecular weight excluding hydrogens is 372 g/mol. The van der Waals surface area contributed by atoms with E-state index in [-0.39, 0.29) is 4.90 Å². The van der Waals surface area contributed by atoms with Crippen LogP contribution in [0.5, 0.6) is 5.75 Å². The summed E-state index contributed by atoms with van der Waals surface area (Å²) in [6, 6.07) is 16.4. The Hall–Kier alpha value is -2.70. The number of sulfonamides is 1. The van der Waals surface area contributed by atoms with Crippen LogP contribution in [0.25, 0.3) is 0 Å². The van der Waals surface area contributed by atoms with Gasteiger partial charge in [-0.25, -0.2) is 8.42 Å². The summed E-state index contributed by atoms with van der Waals surface area (Å²) in [6.45, 7) is 2.27. The lowest BCUT2D eigenvalue weighted by Gasteiger charge is -2.36. The van der Waals surface area contributed by atoms with Crippen molar-refractivity contribution in [3.05, 3.63) is 89.2 Å². The fraction of sp³-hybridized carbons (Fsp3) is 0.227. The first-order valence-electron chi connectivity index (χ1n) is 9.16. The molecule has 0 fully saturated rings. The van der Waals surface area contributed by atoms with E-state index in [1.165, 1.54) is 5.56 Å². The van der Waals surface area contributed by atoms with Crippen molar-refractivity contribution in [3.8, 4) is 5.75 Å². The van der Waals surface area contributed by atoms with E-state index >= 15 is 0 Å². The lowest BCUT2D eigenvalue weighted by atomic mass is 9.91. The van der Waals surface area contributed by atoms with Gasteiger partial charge in [-0.05, 0) is 59.9 Å². The third-order valence-electron chi connectivity index (χ3n) is 5.21. The molecule has 4 rings (SSSR count). The highest BCUT2D eigenvalue weighted by molar-refractivity contribution is 7.89. The highest BCUT2D eigenvalue weighted by atomic mass is 32.2. The van der Waals surface area contributed by atoms with Crippen molar-refractivity contribution in [1.29, 1.82) is 0 Å². The standard InChI is InChI=1S/C22H22N2O3S/c1-16-14-19(9-10-21(16)27-2)28(25,26)24-13-11-17-6-3-4-8-20(17)22(24)18-7-5-12-23-15-18/h3-10,12,14-15,22H,11,13H2,1-2H3. The van der Waals surface area contributed by atoms with Gasteiger partial charge in [-0.15, -0.1) is 0 Å². The molecule has 144 valence electrons. The molecular formula is C22H22N2O3S. The Morgan fingerprint density at radius 1 is 1.11 bits per heavy atom. The van der Waals surface area contributed by atoms with Crippen LogP contribution in [-0.4, -0.2) is 31.4 Å². The monoisotopic (exact) mass is 394 g/mol. The molecule has 28 heavy (non-hydrogen) atoms. The van der Waals surface area contributed by atoms with Gasteiger partial charge in [0, 0.05) is 18.9 Å². The number of fused-ring (bicyclic) bond motifs is 1. The Kier molecular flexibility index (Phi) is 4.91. The maximum atomic E-state index is 13.6. The Labute approximate surface area is 165 Å². The van der Waals surface area contributed by atoms with Crippen molar-refractivity contribution in [3.63, 3.8) is 0 Å². The average molecular weight is 394 g/mol. The smallest absolute Gasteiger partial charge is 0.243 e. The first-order valence-corrected chi connectivity index (χ1v) is 10.6. The summed E-state index contributed by atoms with van der Waals surface area (Å²) in [4.78, 5) is 4.50. The third kappa shape index (κ3) is 3.19. The van der Waals surface area contributed by atoms with Crippen LogP contribution in [0.4, 0.5) is 0 Å². The zero-order valence-corrected chi connectivity index (χ0v) is 16.7. The average Bonchev–Trinajstić information content (AvgIpc) is 2.73. The summed E-state index contributed by atoms with van der Waals surface area (Å²) < 4.78 is 34.1. The maximum absolute atomic E-state index is 13.6. The van der Waals surface area contributed by atoms with Crippen LogP contribution in [0, 0.1) is 6.92 Å². The van der Waals surface area contributed by atoms with Gasteiger partial charge in [0.15, 0.2) is 0 Å². The normalized spacial score (nSPS) is 17.1. The van der Waals surface area contributed by atoms with Gasteiger partial charge >= 0.3 is 0 Å². The minimum absolute atomic E-state index is 0.277. The second kappa shape index (κ2) is 7.37. The molecule has 2 aromatic carbocycles. The summed E-state index contributed by atoms with van der Waals surface area (Å²) in [5.41, 5.74) is 3.84. The lowest BCUT2D eigenvalue weighted by Crippen LogP contribution is -2.40. The predicted octanol–water partition coefficient (Wildman–Crippen LogP) is 3.74. The number of ether oxygens (including phenoxy) is 1. The molecule has 3 aromatic rings. The summed E-state index contributed by atoms with van der Waals surface area (Å²) in [7, 11) is -2.12. The molecule has 6 heteroatoms. The highest BCUT2D eigenvalue weighted by Crippen LogP contribution is 2.38. The zero-order valence-electron chi connectivity index (χ0n) is 15.9. The Morgan fingerprint density at radius 3 is 2.64 bits per heavy atom. The molecule has 0 aliphatic carbocycles. The van der Waals surface area contributed by atoms with Gasteiger partial charge in [0.1, 0.15) is 5.75 Å². The molecule has 0 amide bonds. The van der Waals surface area contributed by atoms with Crippen LogP contribution in [0.15, 0.2) is 71.9 Å². The lowest BCUT2D eigenvalue weighted by molar-refractivity contribution is 0.343. The van der Waals surface area contributed by atoms with Gasteiger partial charge in [-0.1, -0.05) is 30.3 Å². The molecule has 5 nitrogen and oxygen atoms in total. The number of hydrogen-bond donors (Lipinski definition) is 0. The third-order valence-corrected chi connectivity index (χ3v) is 7.07. The number of rotatable bonds is 4. The van der Waals surface area contributed by atoms with Gasteiger partial charge in [-0.3, -0.25) is 4.98 Å². The van der Waals surface area contributed by atoms with Crippen LogP contribution in [0.2, 0.25) is 0 Å². The van der Waals surface area contributed by atoms with Crippen molar-refractivity contribution in [2.45, 2.75) is 24.3 Å². The minimum atomic E-state index is -3.70. The number of nitrogens with zero attached hydrogens (tertiary/aromatic N) is 2. The van der Waals surface area contributed by atoms with Crippen molar-refractivity contribution in [2.75, 3.05) is 13.7 Å². The minimum Gasteiger partial charge on any atom is -0.496 e. The summed E-state index contributed by atoms with van der Waals surface area (Å²) in [5, 5.41) is 0. The molecule has 0 N–H and O–H groups in total. The van der Waals surface area contributed by atoms with E-state index < -0.39 is 16.1 Å². The zero-order chi connectivity index (χ0) is 19.7. The largest absolute Gasteiger partial charge is 0.496 e. The molecule has 0 bridgehead atoms. The van der Waals surface area contributed by atoms with Gasteiger partial charge < -0.3 is 4.74 Å². The number of aryl methyl sites for hydroxylation is 1. The Morgan fingerprint density at radius 2 is 1.93 bits per heavy atom.